The molecular formula is C27H30F3N7O. The van der Waals surface area contributed by atoms with Crippen LogP contribution in [-0.4, -0.2) is 66.3 Å². The topological polar surface area (TPSA) is 71.6 Å². The number of amides is 1. The zero-order valence-corrected chi connectivity index (χ0v) is 21.8. The lowest BCUT2D eigenvalue weighted by Crippen LogP contribution is -2.48. The summed E-state index contributed by atoms with van der Waals surface area (Å²) in [5.74, 6) is -0.0985. The van der Waals surface area contributed by atoms with Crippen LogP contribution < -0.4 is 0 Å². The van der Waals surface area contributed by atoms with Crippen molar-refractivity contribution in [2.75, 3.05) is 26.2 Å². The van der Waals surface area contributed by atoms with Crippen LogP contribution in [0.25, 0.3) is 16.9 Å². The molecule has 200 valence electrons. The Hall–Kier alpha value is -3.73. The van der Waals surface area contributed by atoms with E-state index in [2.05, 4.69) is 20.1 Å². The summed E-state index contributed by atoms with van der Waals surface area (Å²) >= 11 is 0. The van der Waals surface area contributed by atoms with Crippen molar-refractivity contribution in [2.24, 2.45) is 7.05 Å². The van der Waals surface area contributed by atoms with Crippen LogP contribution in [-0.2, 0) is 19.8 Å². The highest BCUT2D eigenvalue weighted by Crippen LogP contribution is 2.33. The number of alkyl halides is 3. The minimum absolute atomic E-state index is 0.0169. The van der Waals surface area contributed by atoms with Gasteiger partial charge in [-0.25, -0.2) is 9.50 Å². The predicted octanol–water partition coefficient (Wildman–Crippen LogP) is 4.54. The van der Waals surface area contributed by atoms with E-state index >= 15 is 0 Å². The lowest BCUT2D eigenvalue weighted by atomic mass is 10.0. The number of halogens is 3. The molecule has 0 atom stereocenters. The molecule has 4 aromatic rings. The molecule has 11 heteroatoms. The van der Waals surface area contributed by atoms with Gasteiger partial charge in [0.15, 0.2) is 17.0 Å². The van der Waals surface area contributed by atoms with Gasteiger partial charge in [0.2, 0.25) is 0 Å². The normalized spacial score (nSPS) is 15.1. The highest BCUT2D eigenvalue weighted by molar-refractivity contribution is 5.93. The van der Waals surface area contributed by atoms with Crippen molar-refractivity contribution in [3.8, 4) is 11.3 Å². The fourth-order valence-corrected chi connectivity index (χ4v) is 4.78. The van der Waals surface area contributed by atoms with Crippen LogP contribution in [0.2, 0.25) is 0 Å². The summed E-state index contributed by atoms with van der Waals surface area (Å²) in [5, 5.41) is 8.42. The van der Waals surface area contributed by atoms with Crippen molar-refractivity contribution in [1.29, 1.82) is 0 Å². The SMILES string of the molecule is Cc1nn(C)cc1CN1CCN(C(=O)c2cc3nc(-c4ccc(C(C)C)cc4)cc(C(F)(F)F)n3n2)CC1. The van der Waals surface area contributed by atoms with Crippen LogP contribution >= 0.6 is 0 Å². The van der Waals surface area contributed by atoms with Crippen LogP contribution in [0.3, 0.4) is 0 Å². The molecule has 4 heterocycles. The Balaban J connectivity index is 1.38. The van der Waals surface area contributed by atoms with Gasteiger partial charge in [0.1, 0.15) is 0 Å². The average Bonchev–Trinajstić information content (AvgIpc) is 3.44. The van der Waals surface area contributed by atoms with E-state index in [1.54, 1.807) is 21.7 Å². The molecule has 0 bridgehead atoms. The van der Waals surface area contributed by atoms with Crippen molar-refractivity contribution in [2.45, 2.75) is 39.4 Å². The second-order valence-corrected chi connectivity index (χ2v) is 10.1. The molecule has 0 unspecified atom stereocenters. The van der Waals surface area contributed by atoms with Gasteiger partial charge in [-0.1, -0.05) is 38.1 Å². The minimum Gasteiger partial charge on any atom is -0.335 e. The number of hydrogen-bond donors (Lipinski definition) is 0. The van der Waals surface area contributed by atoms with E-state index in [1.165, 1.54) is 6.07 Å². The van der Waals surface area contributed by atoms with E-state index in [4.69, 9.17) is 0 Å². The summed E-state index contributed by atoms with van der Waals surface area (Å²) < 4.78 is 44.5. The summed E-state index contributed by atoms with van der Waals surface area (Å²) in [6, 6.07) is 9.64. The van der Waals surface area contributed by atoms with Crippen LogP contribution in [0.4, 0.5) is 13.2 Å². The van der Waals surface area contributed by atoms with Gasteiger partial charge >= 0.3 is 6.18 Å². The van der Waals surface area contributed by atoms with Crippen molar-refractivity contribution in [1.82, 2.24) is 34.2 Å². The number of fused-ring (bicyclic) bond motifs is 1. The maximum absolute atomic E-state index is 14.0. The molecule has 1 aliphatic heterocycles. The maximum Gasteiger partial charge on any atom is 0.433 e. The van der Waals surface area contributed by atoms with Crippen LogP contribution in [0.1, 0.15) is 52.8 Å². The first-order chi connectivity index (χ1) is 18.0. The van der Waals surface area contributed by atoms with E-state index < -0.39 is 17.8 Å². The second-order valence-electron chi connectivity index (χ2n) is 10.1. The Labute approximate surface area is 218 Å². The third kappa shape index (κ3) is 5.15. The summed E-state index contributed by atoms with van der Waals surface area (Å²) in [6.45, 7) is 9.01. The number of carbonyl (C=O) groups is 1. The molecule has 0 radical (unpaired) electrons. The zero-order valence-electron chi connectivity index (χ0n) is 21.8. The third-order valence-corrected chi connectivity index (χ3v) is 6.98. The lowest BCUT2D eigenvalue weighted by Gasteiger charge is -2.34. The number of carbonyl (C=O) groups excluding carboxylic acids is 1. The second kappa shape index (κ2) is 9.86. The standard InChI is InChI=1S/C27H30F3N7O/c1-17(2)19-5-7-20(8-6-19)22-13-24(27(28,29)30)37-25(31-22)14-23(33-37)26(38)36-11-9-35(10-12-36)16-21-15-34(4)32-18(21)3/h5-8,13-15,17H,9-12,16H2,1-4H3. The van der Waals surface area contributed by atoms with Crippen molar-refractivity contribution in [3.05, 3.63) is 70.8 Å². The molecule has 8 nitrogen and oxygen atoms in total. The molecule has 1 aliphatic rings. The van der Waals surface area contributed by atoms with Gasteiger partial charge in [-0.3, -0.25) is 14.4 Å². The quantitative estimate of drug-likeness (QED) is 0.383. The molecule has 1 amide bonds. The average molecular weight is 526 g/mol. The van der Waals surface area contributed by atoms with Crippen molar-refractivity contribution < 1.29 is 18.0 Å². The fourth-order valence-electron chi connectivity index (χ4n) is 4.78. The number of nitrogens with zero attached hydrogens (tertiary/aromatic N) is 7. The third-order valence-electron chi connectivity index (χ3n) is 6.98. The number of aryl methyl sites for hydroxylation is 2. The Kier molecular flexibility index (Phi) is 6.72. The minimum atomic E-state index is -4.67. The predicted molar refractivity (Wildman–Crippen MR) is 137 cm³/mol. The van der Waals surface area contributed by atoms with Gasteiger partial charge in [-0.15, -0.1) is 0 Å². The van der Waals surface area contributed by atoms with Gasteiger partial charge in [0, 0.05) is 63.2 Å². The molecular weight excluding hydrogens is 495 g/mol. The van der Waals surface area contributed by atoms with E-state index in [-0.39, 0.29) is 17.0 Å². The molecule has 0 N–H and O–H groups in total. The van der Waals surface area contributed by atoms with E-state index in [1.807, 2.05) is 46.1 Å². The molecule has 38 heavy (non-hydrogen) atoms. The van der Waals surface area contributed by atoms with Gasteiger partial charge in [-0.2, -0.15) is 23.4 Å². The van der Waals surface area contributed by atoms with Gasteiger partial charge in [-0.05, 0) is 24.5 Å². The largest absolute Gasteiger partial charge is 0.433 e. The zero-order chi connectivity index (χ0) is 27.2. The Morgan fingerprint density at radius 2 is 1.71 bits per heavy atom. The molecule has 1 fully saturated rings. The molecule has 3 aromatic heterocycles. The van der Waals surface area contributed by atoms with Gasteiger partial charge in [0.05, 0.1) is 11.4 Å². The summed E-state index contributed by atoms with van der Waals surface area (Å²) in [6.07, 6.45) is -2.68. The first kappa shape index (κ1) is 25.9. The molecule has 1 aromatic carbocycles. The van der Waals surface area contributed by atoms with Crippen molar-refractivity contribution >= 4 is 11.6 Å². The first-order valence-electron chi connectivity index (χ1n) is 12.6. The smallest absolute Gasteiger partial charge is 0.335 e. The highest BCUT2D eigenvalue weighted by atomic mass is 19.4. The Morgan fingerprint density at radius 3 is 2.29 bits per heavy atom. The highest BCUT2D eigenvalue weighted by Gasteiger charge is 2.36. The van der Waals surface area contributed by atoms with Crippen LogP contribution in [0.15, 0.2) is 42.6 Å². The van der Waals surface area contributed by atoms with E-state index in [0.29, 0.717) is 37.7 Å². The maximum atomic E-state index is 14.0. The monoisotopic (exact) mass is 525 g/mol. The van der Waals surface area contributed by atoms with Gasteiger partial charge < -0.3 is 4.90 Å². The van der Waals surface area contributed by atoms with E-state index in [9.17, 15) is 18.0 Å². The number of rotatable bonds is 5. The molecule has 0 spiro atoms. The first-order valence-corrected chi connectivity index (χ1v) is 12.6. The molecule has 5 rings (SSSR count). The Bertz CT molecular complexity index is 1460. The van der Waals surface area contributed by atoms with Crippen molar-refractivity contribution in [3.63, 3.8) is 0 Å². The lowest BCUT2D eigenvalue weighted by molar-refractivity contribution is -0.142. The Morgan fingerprint density at radius 1 is 1.03 bits per heavy atom. The summed E-state index contributed by atoms with van der Waals surface area (Å²) in [7, 11) is 1.88. The number of hydrogen-bond acceptors (Lipinski definition) is 5. The number of piperazine rings is 1. The van der Waals surface area contributed by atoms with Crippen LogP contribution in [0, 0.1) is 6.92 Å². The molecule has 0 saturated carbocycles. The fraction of sp³-hybridized carbons (Fsp3) is 0.407. The van der Waals surface area contributed by atoms with E-state index in [0.717, 1.165) is 33.9 Å². The number of benzene rings is 1. The molecule has 1 saturated heterocycles. The van der Waals surface area contributed by atoms with Gasteiger partial charge in [0.25, 0.3) is 5.91 Å². The number of aromatic nitrogens is 5. The summed E-state index contributed by atoms with van der Waals surface area (Å²) in [4.78, 5) is 21.5. The summed E-state index contributed by atoms with van der Waals surface area (Å²) in [5.41, 5.74) is 2.89. The van der Waals surface area contributed by atoms with Crippen LogP contribution in [0.5, 0.6) is 0 Å². The molecule has 0 aliphatic carbocycles.